The number of phenolic OH excluding ortho intramolecular Hbond substituents is 1. The van der Waals surface area contributed by atoms with Gasteiger partial charge in [0.1, 0.15) is 6.04 Å². The van der Waals surface area contributed by atoms with E-state index in [-0.39, 0.29) is 0 Å². The first-order chi connectivity index (χ1) is 10.5. The average Bonchev–Trinajstić information content (AvgIpc) is 2.46. The van der Waals surface area contributed by atoms with Crippen molar-refractivity contribution in [1.82, 2.24) is 0 Å². The first kappa shape index (κ1) is 19.0. The number of phenols is 1. The summed E-state index contributed by atoms with van der Waals surface area (Å²) in [5.74, 6) is -6.33. The summed E-state index contributed by atoms with van der Waals surface area (Å²) in [6.07, 6.45) is -1.14. The fraction of sp³-hybridized carbons (Fsp3) is 0.364. The SMILES string of the molecule is N[C@@H](CCP(=O)(O)C(O)c1cc(F)c(O)c([N+](=O)[O-])c1)C(=O)O. The van der Waals surface area contributed by atoms with Gasteiger partial charge in [-0.1, -0.05) is 0 Å². The van der Waals surface area contributed by atoms with Gasteiger partial charge in [-0.2, -0.15) is 0 Å². The van der Waals surface area contributed by atoms with Crippen molar-refractivity contribution >= 4 is 19.0 Å². The van der Waals surface area contributed by atoms with Gasteiger partial charge >= 0.3 is 11.7 Å². The minimum Gasteiger partial charge on any atom is -0.500 e. The Morgan fingerprint density at radius 3 is 2.52 bits per heavy atom. The molecule has 23 heavy (non-hydrogen) atoms. The summed E-state index contributed by atoms with van der Waals surface area (Å²) >= 11 is 0. The van der Waals surface area contributed by atoms with E-state index in [1.807, 2.05) is 0 Å². The van der Waals surface area contributed by atoms with Crippen LogP contribution in [-0.4, -0.2) is 43.3 Å². The van der Waals surface area contributed by atoms with Crippen LogP contribution in [-0.2, 0) is 9.36 Å². The van der Waals surface area contributed by atoms with Gasteiger partial charge < -0.3 is 25.9 Å². The zero-order valence-corrected chi connectivity index (χ0v) is 12.4. The van der Waals surface area contributed by atoms with Crippen LogP contribution in [0, 0.1) is 15.9 Å². The van der Waals surface area contributed by atoms with Crippen LogP contribution in [0.15, 0.2) is 12.1 Å². The van der Waals surface area contributed by atoms with Crippen LogP contribution >= 0.6 is 7.37 Å². The zero-order chi connectivity index (χ0) is 17.9. The highest BCUT2D eigenvalue weighted by atomic mass is 31.2. The summed E-state index contributed by atoms with van der Waals surface area (Å²) in [5, 5.41) is 38.3. The highest BCUT2D eigenvalue weighted by Crippen LogP contribution is 2.55. The van der Waals surface area contributed by atoms with E-state index in [0.29, 0.717) is 12.1 Å². The van der Waals surface area contributed by atoms with Crippen molar-refractivity contribution in [2.45, 2.75) is 18.3 Å². The number of carboxylic acids is 1. The molecule has 10 nitrogen and oxygen atoms in total. The Balaban J connectivity index is 3.08. The lowest BCUT2D eigenvalue weighted by atomic mass is 10.2. The second kappa shape index (κ2) is 7.01. The van der Waals surface area contributed by atoms with Crippen LogP contribution in [0.5, 0.6) is 5.75 Å². The van der Waals surface area contributed by atoms with Crippen molar-refractivity contribution in [2.24, 2.45) is 5.73 Å². The molecular formula is C11H14FN2O8P. The van der Waals surface area contributed by atoms with E-state index in [1.165, 1.54) is 0 Å². The van der Waals surface area contributed by atoms with Crippen LogP contribution in [0.25, 0.3) is 0 Å². The first-order valence-corrected chi connectivity index (χ1v) is 8.03. The third-order valence-electron chi connectivity index (χ3n) is 3.02. The van der Waals surface area contributed by atoms with Crippen LogP contribution in [0.1, 0.15) is 17.8 Å². The van der Waals surface area contributed by atoms with Crippen molar-refractivity contribution in [2.75, 3.05) is 6.16 Å². The Hall–Kier alpha value is -2.07. The summed E-state index contributed by atoms with van der Waals surface area (Å²) in [7, 11) is -4.44. The molecule has 1 aromatic carbocycles. The van der Waals surface area contributed by atoms with E-state index in [4.69, 9.17) is 10.8 Å². The molecule has 2 unspecified atom stereocenters. The lowest BCUT2D eigenvalue weighted by Crippen LogP contribution is -2.31. The third kappa shape index (κ3) is 4.45. The van der Waals surface area contributed by atoms with Gasteiger partial charge in [0.25, 0.3) is 0 Å². The quantitative estimate of drug-likeness (QED) is 0.265. The maximum Gasteiger partial charge on any atom is 0.320 e. The molecule has 0 aliphatic heterocycles. The molecule has 0 saturated heterocycles. The Bertz CT molecular complexity index is 682. The van der Waals surface area contributed by atoms with Gasteiger partial charge in [-0.25, -0.2) is 4.39 Å². The molecule has 0 aromatic heterocycles. The molecule has 0 saturated carbocycles. The van der Waals surface area contributed by atoms with Gasteiger partial charge in [0, 0.05) is 17.8 Å². The number of nitrogens with two attached hydrogens (primary N) is 1. The predicted octanol–water partition coefficient (Wildman–Crippen LogP) is 0.503. The third-order valence-corrected chi connectivity index (χ3v) is 4.98. The van der Waals surface area contributed by atoms with E-state index in [1.54, 1.807) is 0 Å². The van der Waals surface area contributed by atoms with Crippen molar-refractivity contribution in [1.29, 1.82) is 0 Å². The van der Waals surface area contributed by atoms with Crippen molar-refractivity contribution in [3.63, 3.8) is 0 Å². The molecule has 0 spiro atoms. The predicted molar refractivity (Wildman–Crippen MR) is 74.6 cm³/mol. The summed E-state index contributed by atoms with van der Waals surface area (Å²) in [6, 6.07) is -0.399. The summed E-state index contributed by atoms with van der Waals surface area (Å²) in [4.78, 5) is 29.9. The van der Waals surface area contributed by atoms with Crippen molar-refractivity contribution < 1.29 is 38.9 Å². The van der Waals surface area contributed by atoms with Gasteiger partial charge in [0.05, 0.1) is 4.92 Å². The molecule has 12 heteroatoms. The molecule has 0 fully saturated rings. The fourth-order valence-electron chi connectivity index (χ4n) is 1.70. The standard InChI is InChI=1S/C11H14FN2O8P/c12-6-3-5(4-8(9(6)15)14(19)20)11(18)23(21,22)2-1-7(13)10(16)17/h3-4,7,11,15,18H,1-2,13H2,(H,16,17)(H,21,22)/t7-,11?/m0/s1. The van der Waals surface area contributed by atoms with Gasteiger partial charge in [-0.3, -0.25) is 19.5 Å². The second-order valence-electron chi connectivity index (χ2n) is 4.71. The second-order valence-corrected chi connectivity index (χ2v) is 7.16. The van der Waals surface area contributed by atoms with Crippen molar-refractivity contribution in [3.8, 4) is 5.75 Å². The number of benzene rings is 1. The van der Waals surface area contributed by atoms with E-state index in [2.05, 4.69) is 0 Å². The van der Waals surface area contributed by atoms with Gasteiger partial charge in [0.15, 0.2) is 11.7 Å². The Labute approximate surface area is 128 Å². The number of rotatable bonds is 7. The molecule has 0 bridgehead atoms. The molecule has 0 heterocycles. The number of hydrogen-bond donors (Lipinski definition) is 5. The first-order valence-electron chi connectivity index (χ1n) is 6.12. The number of nitro benzene ring substituents is 1. The molecule has 0 radical (unpaired) electrons. The van der Waals surface area contributed by atoms with Crippen LogP contribution in [0.3, 0.4) is 0 Å². The molecule has 1 rings (SSSR count). The Kier molecular flexibility index (Phi) is 5.78. The number of aromatic hydroxyl groups is 1. The molecule has 3 atom stereocenters. The van der Waals surface area contributed by atoms with Gasteiger partial charge in [-0.15, -0.1) is 0 Å². The van der Waals surface area contributed by atoms with Crippen molar-refractivity contribution in [3.05, 3.63) is 33.6 Å². The molecule has 128 valence electrons. The van der Waals surface area contributed by atoms with Crippen LogP contribution in [0.4, 0.5) is 10.1 Å². The monoisotopic (exact) mass is 352 g/mol. The topological polar surface area (TPSA) is 184 Å². The van der Waals surface area contributed by atoms with Gasteiger partial charge in [0.2, 0.25) is 13.1 Å². The largest absolute Gasteiger partial charge is 0.500 e. The number of aliphatic hydroxyl groups excluding tert-OH is 1. The molecule has 0 aliphatic carbocycles. The lowest BCUT2D eigenvalue weighted by molar-refractivity contribution is -0.386. The molecule has 6 N–H and O–H groups in total. The Morgan fingerprint density at radius 1 is 1.48 bits per heavy atom. The fourth-order valence-corrected chi connectivity index (χ4v) is 3.20. The van der Waals surface area contributed by atoms with E-state index in [0.717, 1.165) is 0 Å². The minimum absolute atomic E-state index is 0.442. The molecule has 1 aromatic rings. The summed E-state index contributed by atoms with van der Waals surface area (Å²) < 4.78 is 25.5. The molecule has 0 aliphatic rings. The normalized spacial score (nSPS) is 16.3. The molecular weight excluding hydrogens is 338 g/mol. The number of carboxylic acid groups (broad SMARTS) is 1. The van der Waals surface area contributed by atoms with E-state index >= 15 is 0 Å². The van der Waals surface area contributed by atoms with E-state index in [9.17, 15) is 39.0 Å². The summed E-state index contributed by atoms with van der Waals surface area (Å²) in [6.45, 7) is 0. The maximum absolute atomic E-state index is 13.4. The number of nitro groups is 1. The zero-order valence-electron chi connectivity index (χ0n) is 11.5. The number of halogens is 1. The molecule has 0 amide bonds. The Morgan fingerprint density at radius 2 is 2.04 bits per heavy atom. The minimum atomic E-state index is -4.44. The maximum atomic E-state index is 13.4. The van der Waals surface area contributed by atoms with Crippen LogP contribution in [0.2, 0.25) is 0 Å². The number of carbonyl (C=O) groups is 1. The van der Waals surface area contributed by atoms with Crippen LogP contribution < -0.4 is 5.73 Å². The number of aliphatic carboxylic acids is 1. The summed E-state index contributed by atoms with van der Waals surface area (Å²) in [5.41, 5.74) is 3.50. The highest BCUT2D eigenvalue weighted by Gasteiger charge is 2.34. The smallest absolute Gasteiger partial charge is 0.320 e. The average molecular weight is 352 g/mol. The van der Waals surface area contributed by atoms with Gasteiger partial charge in [-0.05, 0) is 12.5 Å². The van der Waals surface area contributed by atoms with E-state index < -0.39 is 65.5 Å². The highest BCUT2D eigenvalue weighted by molar-refractivity contribution is 7.58. The number of nitrogens with zero attached hydrogens (tertiary/aromatic N) is 1. The lowest BCUT2D eigenvalue weighted by Gasteiger charge is -2.19. The number of aliphatic hydroxyl groups is 1. The number of hydrogen-bond acceptors (Lipinski definition) is 7.